The number of aldehydes is 1. The van der Waals surface area contributed by atoms with Crippen molar-refractivity contribution in [3.8, 4) is 0 Å². The maximum atomic E-state index is 10.5. The van der Waals surface area contributed by atoms with E-state index in [9.17, 15) is 4.79 Å². The molecule has 15 heavy (non-hydrogen) atoms. The second-order valence-electron chi connectivity index (χ2n) is 4.21. The number of rotatable bonds is 3. The Morgan fingerprint density at radius 2 is 2.47 bits per heavy atom. The van der Waals surface area contributed by atoms with Crippen molar-refractivity contribution in [2.75, 3.05) is 6.54 Å². The van der Waals surface area contributed by atoms with Gasteiger partial charge in [0.2, 0.25) is 5.89 Å². The van der Waals surface area contributed by atoms with E-state index in [1.165, 1.54) is 12.6 Å². The molecule has 0 N–H and O–H groups in total. The Balaban J connectivity index is 2.18. The van der Waals surface area contributed by atoms with Crippen LogP contribution in [-0.2, 0) is 0 Å². The summed E-state index contributed by atoms with van der Waals surface area (Å²) in [6.45, 7) is 5.42. The van der Waals surface area contributed by atoms with Crippen LogP contribution in [0.3, 0.4) is 0 Å². The Bertz CT molecular complexity index is 346. The molecular weight excluding hydrogens is 192 g/mol. The van der Waals surface area contributed by atoms with Crippen molar-refractivity contribution in [2.24, 2.45) is 0 Å². The number of hydrogen-bond donors (Lipinski definition) is 0. The number of nitrogens with zero attached hydrogens (tertiary/aromatic N) is 2. The summed E-state index contributed by atoms with van der Waals surface area (Å²) in [6, 6.07) is 0.739. The number of likely N-dealkylation sites (tertiary alicyclic amines) is 1. The Morgan fingerprint density at radius 1 is 1.67 bits per heavy atom. The summed E-state index contributed by atoms with van der Waals surface area (Å²) in [6.07, 6.45) is 4.43. The van der Waals surface area contributed by atoms with Gasteiger partial charge in [0, 0.05) is 6.04 Å². The molecule has 0 radical (unpaired) electrons. The molecule has 2 heterocycles. The van der Waals surface area contributed by atoms with Crippen LogP contribution in [0, 0.1) is 0 Å². The summed E-state index contributed by atoms with van der Waals surface area (Å²) in [5.74, 6) is 1.00. The van der Waals surface area contributed by atoms with Crippen molar-refractivity contribution < 1.29 is 9.21 Å². The van der Waals surface area contributed by atoms with E-state index in [0.717, 1.165) is 13.0 Å². The molecular formula is C11H16N2O2. The molecule has 0 saturated carbocycles. The highest BCUT2D eigenvalue weighted by Crippen LogP contribution is 2.32. The van der Waals surface area contributed by atoms with Gasteiger partial charge in [0.25, 0.3) is 0 Å². The highest BCUT2D eigenvalue weighted by atomic mass is 16.4. The molecule has 0 amide bonds. The van der Waals surface area contributed by atoms with Gasteiger partial charge in [-0.2, -0.15) is 0 Å². The van der Waals surface area contributed by atoms with Crippen LogP contribution in [0.1, 0.15) is 49.2 Å². The van der Waals surface area contributed by atoms with Gasteiger partial charge >= 0.3 is 0 Å². The van der Waals surface area contributed by atoms with Gasteiger partial charge in [-0.15, -0.1) is 0 Å². The molecule has 1 saturated heterocycles. The molecule has 1 aliphatic heterocycles. The lowest BCUT2D eigenvalue weighted by atomic mass is 10.2. The third-order valence-electron chi connectivity index (χ3n) is 2.90. The first-order chi connectivity index (χ1) is 7.22. The normalized spacial score (nSPS) is 22.5. The third-order valence-corrected chi connectivity index (χ3v) is 2.90. The van der Waals surface area contributed by atoms with Crippen LogP contribution < -0.4 is 0 Å². The lowest BCUT2D eigenvalue weighted by Gasteiger charge is -2.25. The topological polar surface area (TPSA) is 46.3 Å². The molecule has 4 heteroatoms. The molecule has 1 aromatic rings. The van der Waals surface area contributed by atoms with Gasteiger partial charge in [0.1, 0.15) is 0 Å². The average Bonchev–Trinajstić information content (AvgIpc) is 2.85. The second-order valence-corrected chi connectivity index (χ2v) is 4.21. The maximum absolute atomic E-state index is 10.5. The first-order valence-corrected chi connectivity index (χ1v) is 5.39. The third kappa shape index (κ3) is 1.95. The lowest BCUT2D eigenvalue weighted by molar-refractivity contribution is 0.109. The zero-order chi connectivity index (χ0) is 10.8. The number of carbonyl (C=O) groups excluding carboxylic acids is 1. The number of oxazole rings is 1. The van der Waals surface area contributed by atoms with E-state index in [4.69, 9.17) is 4.42 Å². The first kappa shape index (κ1) is 10.4. The van der Waals surface area contributed by atoms with E-state index >= 15 is 0 Å². The molecule has 2 rings (SSSR count). The largest absolute Gasteiger partial charge is 0.436 e. The Hall–Kier alpha value is -1.16. The van der Waals surface area contributed by atoms with Crippen LogP contribution in [-0.4, -0.2) is 28.8 Å². The fourth-order valence-corrected chi connectivity index (χ4v) is 2.18. The van der Waals surface area contributed by atoms with Gasteiger partial charge in [-0.05, 0) is 33.2 Å². The monoisotopic (exact) mass is 208 g/mol. The minimum atomic E-state index is 0.249. The molecule has 0 aliphatic carbocycles. The van der Waals surface area contributed by atoms with Crippen LogP contribution in [0.5, 0.6) is 0 Å². The highest BCUT2D eigenvalue weighted by molar-refractivity contribution is 5.69. The molecule has 1 aliphatic rings. The van der Waals surface area contributed by atoms with Crippen molar-refractivity contribution in [3.05, 3.63) is 17.8 Å². The summed E-state index contributed by atoms with van der Waals surface area (Å²) in [5.41, 5.74) is 0. The maximum Gasteiger partial charge on any atom is 0.212 e. The van der Waals surface area contributed by atoms with Crippen molar-refractivity contribution in [1.82, 2.24) is 9.88 Å². The summed E-state index contributed by atoms with van der Waals surface area (Å²) < 4.78 is 5.38. The van der Waals surface area contributed by atoms with Gasteiger partial charge in [-0.1, -0.05) is 0 Å². The number of carbonyl (C=O) groups is 1. The smallest absolute Gasteiger partial charge is 0.212 e. The van der Waals surface area contributed by atoms with Crippen LogP contribution >= 0.6 is 0 Å². The Labute approximate surface area is 89.3 Å². The zero-order valence-corrected chi connectivity index (χ0v) is 9.14. The first-order valence-electron chi connectivity index (χ1n) is 5.39. The van der Waals surface area contributed by atoms with E-state index in [0.29, 0.717) is 24.0 Å². The summed E-state index contributed by atoms with van der Waals surface area (Å²) in [4.78, 5) is 17.0. The molecule has 82 valence electrons. The molecule has 1 fully saturated rings. The van der Waals surface area contributed by atoms with Crippen molar-refractivity contribution >= 4 is 6.29 Å². The fraction of sp³-hybridized carbons (Fsp3) is 0.636. The standard InChI is InChI=1S/C11H16N2O2/c1-8(2)13-5-3-4-10(13)11-12-6-9(7-14)15-11/h6-8,10H,3-5H2,1-2H3. The highest BCUT2D eigenvalue weighted by Gasteiger charge is 2.31. The molecule has 0 aromatic carbocycles. The number of aromatic nitrogens is 1. The predicted octanol–water partition coefficient (Wildman–Crippen LogP) is 2.03. The SMILES string of the molecule is CC(C)N1CCCC1c1ncc(C=O)o1. The van der Waals surface area contributed by atoms with Gasteiger partial charge in [0.05, 0.1) is 12.2 Å². The predicted molar refractivity (Wildman–Crippen MR) is 55.7 cm³/mol. The van der Waals surface area contributed by atoms with E-state index in [1.807, 2.05) is 0 Å². The van der Waals surface area contributed by atoms with Gasteiger partial charge < -0.3 is 4.42 Å². The van der Waals surface area contributed by atoms with Crippen molar-refractivity contribution in [2.45, 2.75) is 38.8 Å². The second kappa shape index (κ2) is 4.14. The van der Waals surface area contributed by atoms with Gasteiger partial charge in [0.15, 0.2) is 12.0 Å². The zero-order valence-electron chi connectivity index (χ0n) is 9.14. The van der Waals surface area contributed by atoms with Crippen molar-refractivity contribution in [1.29, 1.82) is 0 Å². The molecule has 4 nitrogen and oxygen atoms in total. The molecule has 0 spiro atoms. The summed E-state index contributed by atoms with van der Waals surface area (Å²) in [7, 11) is 0. The van der Waals surface area contributed by atoms with Crippen LogP contribution in [0.4, 0.5) is 0 Å². The van der Waals surface area contributed by atoms with Crippen LogP contribution in [0.15, 0.2) is 10.6 Å². The number of hydrogen-bond acceptors (Lipinski definition) is 4. The molecule has 1 unspecified atom stereocenters. The average molecular weight is 208 g/mol. The summed E-state index contributed by atoms with van der Waals surface area (Å²) >= 11 is 0. The van der Waals surface area contributed by atoms with Gasteiger partial charge in [-0.3, -0.25) is 9.69 Å². The molecule has 1 aromatic heterocycles. The minimum absolute atomic E-state index is 0.249. The van der Waals surface area contributed by atoms with Crippen LogP contribution in [0.25, 0.3) is 0 Å². The quantitative estimate of drug-likeness (QED) is 0.713. The van der Waals surface area contributed by atoms with Crippen molar-refractivity contribution in [3.63, 3.8) is 0 Å². The van der Waals surface area contributed by atoms with E-state index in [2.05, 4.69) is 23.7 Å². The Kier molecular flexibility index (Phi) is 2.86. The Morgan fingerprint density at radius 3 is 3.07 bits per heavy atom. The minimum Gasteiger partial charge on any atom is -0.436 e. The van der Waals surface area contributed by atoms with E-state index in [-0.39, 0.29) is 6.04 Å². The summed E-state index contributed by atoms with van der Waals surface area (Å²) in [5, 5.41) is 0. The fourth-order valence-electron chi connectivity index (χ4n) is 2.18. The molecule has 1 atom stereocenters. The van der Waals surface area contributed by atoms with E-state index in [1.54, 1.807) is 0 Å². The van der Waals surface area contributed by atoms with E-state index < -0.39 is 0 Å². The van der Waals surface area contributed by atoms with Crippen LogP contribution in [0.2, 0.25) is 0 Å². The lowest BCUT2D eigenvalue weighted by Crippen LogP contribution is -2.30. The molecule has 0 bridgehead atoms. The van der Waals surface area contributed by atoms with Gasteiger partial charge in [-0.25, -0.2) is 4.98 Å².